The molecule has 0 saturated heterocycles. The van der Waals surface area contributed by atoms with E-state index in [0.29, 0.717) is 5.56 Å². The van der Waals surface area contributed by atoms with Crippen LogP contribution in [-0.4, -0.2) is 5.91 Å². The molecule has 24 heavy (non-hydrogen) atoms. The van der Waals surface area contributed by atoms with Crippen molar-refractivity contribution in [2.45, 2.75) is 10.6 Å². The fraction of sp³-hybridized carbons (Fsp3) is 0.0500. The van der Waals surface area contributed by atoms with E-state index in [4.69, 9.17) is 0 Å². The maximum absolute atomic E-state index is 12.3. The molecule has 3 aromatic carbocycles. The number of thioether (sulfide) groups is 1. The predicted octanol–water partition coefficient (Wildman–Crippen LogP) is 5.84. The molecule has 0 saturated carbocycles. The van der Waals surface area contributed by atoms with Crippen LogP contribution in [0.2, 0.25) is 0 Å². The second kappa shape index (κ2) is 8.35. The third-order valence-corrected chi connectivity index (χ3v) is 5.50. The number of halogens is 1. The second-order valence-electron chi connectivity index (χ2n) is 5.23. The molecule has 0 radical (unpaired) electrons. The molecule has 0 bridgehead atoms. The third-order valence-electron chi connectivity index (χ3n) is 3.48. The van der Waals surface area contributed by atoms with Crippen LogP contribution in [0.5, 0.6) is 0 Å². The van der Waals surface area contributed by atoms with Gasteiger partial charge in [0.1, 0.15) is 0 Å². The zero-order valence-electron chi connectivity index (χ0n) is 12.9. The topological polar surface area (TPSA) is 29.1 Å². The number of benzene rings is 3. The summed E-state index contributed by atoms with van der Waals surface area (Å²) in [5, 5.41) is 2.95. The Morgan fingerprint density at radius 1 is 0.875 bits per heavy atom. The van der Waals surface area contributed by atoms with Gasteiger partial charge in [0.2, 0.25) is 0 Å². The van der Waals surface area contributed by atoms with E-state index in [1.807, 2.05) is 54.6 Å². The Hall–Kier alpha value is -1.79. The van der Waals surface area contributed by atoms with E-state index in [2.05, 4.69) is 52.2 Å². The molecule has 0 spiro atoms. The molecule has 1 N–H and O–H groups in total. The summed E-state index contributed by atoms with van der Waals surface area (Å²) in [7, 11) is 0. The summed E-state index contributed by atoms with van der Waals surface area (Å²) in [4.78, 5) is 13.6. The molecule has 0 aliphatic carbocycles. The number of carbonyl (C=O) groups excluding carboxylic acids is 1. The molecule has 0 atom stereocenters. The SMILES string of the molecule is O=C(Nc1ccc(CSc2ccccc2)cc1)c1ccccc1I. The van der Waals surface area contributed by atoms with Crippen molar-refractivity contribution in [2.75, 3.05) is 5.32 Å². The Morgan fingerprint density at radius 2 is 1.54 bits per heavy atom. The molecule has 1 amide bonds. The lowest BCUT2D eigenvalue weighted by Gasteiger charge is -2.08. The molecule has 0 aromatic heterocycles. The number of hydrogen-bond acceptors (Lipinski definition) is 2. The molecule has 0 aliphatic rings. The van der Waals surface area contributed by atoms with E-state index in [1.165, 1.54) is 10.5 Å². The summed E-state index contributed by atoms with van der Waals surface area (Å²) in [5.41, 5.74) is 2.74. The zero-order valence-corrected chi connectivity index (χ0v) is 15.9. The fourth-order valence-electron chi connectivity index (χ4n) is 2.21. The van der Waals surface area contributed by atoms with Gasteiger partial charge in [-0.15, -0.1) is 11.8 Å². The number of amides is 1. The highest BCUT2D eigenvalue weighted by atomic mass is 127. The molecule has 0 unspecified atom stereocenters. The highest BCUT2D eigenvalue weighted by Gasteiger charge is 2.09. The predicted molar refractivity (Wildman–Crippen MR) is 110 cm³/mol. The standard InChI is InChI=1S/C20H16INOS/c21-19-9-5-4-8-18(19)20(23)22-16-12-10-15(11-13-16)14-24-17-6-2-1-3-7-17/h1-13H,14H2,(H,22,23). The van der Waals surface area contributed by atoms with Gasteiger partial charge in [-0.25, -0.2) is 0 Å². The van der Waals surface area contributed by atoms with Crippen LogP contribution in [0.25, 0.3) is 0 Å². The van der Waals surface area contributed by atoms with Crippen LogP contribution in [0.15, 0.2) is 83.8 Å². The second-order valence-corrected chi connectivity index (χ2v) is 7.44. The van der Waals surface area contributed by atoms with Gasteiger partial charge in [0.05, 0.1) is 5.56 Å². The Kier molecular flexibility index (Phi) is 5.93. The van der Waals surface area contributed by atoms with Crippen LogP contribution < -0.4 is 5.32 Å². The number of nitrogens with one attached hydrogen (secondary N) is 1. The van der Waals surface area contributed by atoms with E-state index in [1.54, 1.807) is 11.8 Å². The largest absolute Gasteiger partial charge is 0.322 e. The average molecular weight is 445 g/mol. The van der Waals surface area contributed by atoms with Crippen molar-refractivity contribution in [3.05, 3.63) is 93.6 Å². The molecular weight excluding hydrogens is 429 g/mol. The minimum atomic E-state index is -0.0774. The summed E-state index contributed by atoms with van der Waals surface area (Å²) < 4.78 is 0.948. The van der Waals surface area contributed by atoms with Gasteiger partial charge in [0.15, 0.2) is 0 Å². The number of carbonyl (C=O) groups is 1. The van der Waals surface area contributed by atoms with Gasteiger partial charge in [0, 0.05) is 19.9 Å². The van der Waals surface area contributed by atoms with Crippen LogP contribution in [0, 0.1) is 3.57 Å². The van der Waals surface area contributed by atoms with Crippen molar-refractivity contribution < 1.29 is 4.79 Å². The van der Waals surface area contributed by atoms with E-state index in [0.717, 1.165) is 15.0 Å². The summed E-state index contributed by atoms with van der Waals surface area (Å²) in [6.07, 6.45) is 0. The van der Waals surface area contributed by atoms with Gasteiger partial charge in [-0.05, 0) is 64.6 Å². The molecule has 0 aliphatic heterocycles. The molecule has 2 nitrogen and oxygen atoms in total. The van der Waals surface area contributed by atoms with Crippen LogP contribution in [0.4, 0.5) is 5.69 Å². The summed E-state index contributed by atoms with van der Waals surface area (Å²) >= 11 is 3.98. The van der Waals surface area contributed by atoms with E-state index in [9.17, 15) is 4.79 Å². The van der Waals surface area contributed by atoms with Crippen LogP contribution in [0.3, 0.4) is 0 Å². The number of rotatable bonds is 5. The van der Waals surface area contributed by atoms with E-state index < -0.39 is 0 Å². The smallest absolute Gasteiger partial charge is 0.256 e. The average Bonchev–Trinajstić information content (AvgIpc) is 2.62. The highest BCUT2D eigenvalue weighted by molar-refractivity contribution is 14.1. The zero-order chi connectivity index (χ0) is 16.8. The molecule has 4 heteroatoms. The maximum atomic E-state index is 12.3. The van der Waals surface area contributed by atoms with E-state index in [-0.39, 0.29) is 5.91 Å². The molecule has 0 heterocycles. The van der Waals surface area contributed by atoms with Crippen LogP contribution in [-0.2, 0) is 5.75 Å². The van der Waals surface area contributed by atoms with Gasteiger partial charge in [-0.3, -0.25) is 4.79 Å². The van der Waals surface area contributed by atoms with Crippen molar-refractivity contribution in [3.63, 3.8) is 0 Å². The molecular formula is C20H16INOS. The molecule has 0 fully saturated rings. The number of anilines is 1. The Bertz CT molecular complexity index is 819. The summed E-state index contributed by atoms with van der Waals surface area (Å²) in [6, 6.07) is 25.9. The van der Waals surface area contributed by atoms with Gasteiger partial charge < -0.3 is 5.32 Å². The van der Waals surface area contributed by atoms with Gasteiger partial charge in [-0.2, -0.15) is 0 Å². The molecule has 3 aromatic rings. The van der Waals surface area contributed by atoms with Crippen molar-refractivity contribution >= 4 is 45.9 Å². The minimum Gasteiger partial charge on any atom is -0.322 e. The van der Waals surface area contributed by atoms with Crippen molar-refractivity contribution in [1.82, 2.24) is 0 Å². The highest BCUT2D eigenvalue weighted by Crippen LogP contribution is 2.23. The lowest BCUT2D eigenvalue weighted by Crippen LogP contribution is -2.13. The first-order valence-electron chi connectivity index (χ1n) is 7.55. The maximum Gasteiger partial charge on any atom is 0.256 e. The fourth-order valence-corrected chi connectivity index (χ4v) is 3.72. The van der Waals surface area contributed by atoms with Gasteiger partial charge >= 0.3 is 0 Å². The summed E-state index contributed by atoms with van der Waals surface area (Å²) in [6.45, 7) is 0. The molecule has 120 valence electrons. The summed E-state index contributed by atoms with van der Waals surface area (Å²) in [5.74, 6) is 0.834. The van der Waals surface area contributed by atoms with Crippen molar-refractivity contribution in [2.24, 2.45) is 0 Å². The lowest BCUT2D eigenvalue weighted by atomic mass is 10.2. The quantitative estimate of drug-likeness (QED) is 0.395. The first-order chi connectivity index (χ1) is 11.7. The monoisotopic (exact) mass is 445 g/mol. The number of hydrogen-bond donors (Lipinski definition) is 1. The van der Waals surface area contributed by atoms with E-state index >= 15 is 0 Å². The third kappa shape index (κ3) is 4.61. The van der Waals surface area contributed by atoms with Gasteiger partial charge in [0.25, 0.3) is 5.91 Å². The molecule has 3 rings (SSSR count). The van der Waals surface area contributed by atoms with Gasteiger partial charge in [-0.1, -0.05) is 42.5 Å². The van der Waals surface area contributed by atoms with Crippen LogP contribution in [0.1, 0.15) is 15.9 Å². The van der Waals surface area contributed by atoms with Crippen molar-refractivity contribution in [3.8, 4) is 0 Å². The Balaban J connectivity index is 1.60. The first kappa shape index (κ1) is 17.0. The first-order valence-corrected chi connectivity index (χ1v) is 9.61. The van der Waals surface area contributed by atoms with Crippen molar-refractivity contribution in [1.29, 1.82) is 0 Å². The minimum absolute atomic E-state index is 0.0774. The Morgan fingerprint density at radius 3 is 2.25 bits per heavy atom. The normalized spacial score (nSPS) is 10.4. The Labute approximate surface area is 159 Å². The lowest BCUT2D eigenvalue weighted by molar-refractivity contribution is 0.102. The van der Waals surface area contributed by atoms with Crippen LogP contribution >= 0.6 is 34.4 Å².